The van der Waals surface area contributed by atoms with Crippen LogP contribution >= 0.6 is 0 Å². The molecule has 0 atom stereocenters. The number of nitrogens with one attached hydrogen (secondary N) is 1. The maximum atomic E-state index is 11.3. The molecule has 0 radical (unpaired) electrons. The summed E-state index contributed by atoms with van der Waals surface area (Å²) in [4.78, 5) is 8.63. The van der Waals surface area contributed by atoms with Gasteiger partial charge in [-0.15, -0.1) is 0 Å². The van der Waals surface area contributed by atoms with Gasteiger partial charge in [0.25, 0.3) is 0 Å². The molecule has 1 heterocycles. The molecule has 1 N–H and O–H groups in total. The quantitative estimate of drug-likeness (QED) is 0.679. The molecule has 0 spiro atoms. The summed E-state index contributed by atoms with van der Waals surface area (Å²) in [7, 11) is -1.42. The molecule has 0 amide bonds. The van der Waals surface area contributed by atoms with Crippen LogP contribution in [0.25, 0.3) is 0 Å². The van der Waals surface area contributed by atoms with Crippen LogP contribution in [0.4, 0.5) is 0 Å². The van der Waals surface area contributed by atoms with E-state index in [4.69, 9.17) is 4.74 Å². The van der Waals surface area contributed by atoms with Gasteiger partial charge in [0.05, 0.1) is 6.61 Å². The van der Waals surface area contributed by atoms with E-state index in [1.54, 1.807) is 7.11 Å². The largest absolute Gasteiger partial charge is 0.383 e. The molecular weight excluding hydrogens is 290 g/mol. The fourth-order valence-electron chi connectivity index (χ4n) is 2.16. The zero-order chi connectivity index (χ0) is 15.9. The molecule has 0 saturated carbocycles. The Morgan fingerprint density at radius 3 is 2.29 bits per heavy atom. The van der Waals surface area contributed by atoms with Crippen molar-refractivity contribution < 1.29 is 13.2 Å². The zero-order valence-electron chi connectivity index (χ0n) is 13.3. The number of aromatic nitrogens is 2. The van der Waals surface area contributed by atoms with E-state index in [2.05, 4.69) is 15.3 Å². The predicted molar refractivity (Wildman–Crippen MR) is 83.1 cm³/mol. The van der Waals surface area contributed by atoms with Crippen LogP contribution in [0.5, 0.6) is 0 Å². The molecule has 0 unspecified atom stereocenters. The van der Waals surface area contributed by atoms with E-state index in [-0.39, 0.29) is 5.75 Å². The van der Waals surface area contributed by atoms with Gasteiger partial charge in [-0.1, -0.05) is 0 Å². The Morgan fingerprint density at radius 1 is 1.14 bits per heavy atom. The maximum Gasteiger partial charge on any atom is 0.154 e. The van der Waals surface area contributed by atoms with Crippen molar-refractivity contribution in [2.45, 2.75) is 32.4 Å². The summed E-state index contributed by atoms with van der Waals surface area (Å²) >= 11 is 0. The van der Waals surface area contributed by atoms with E-state index in [0.29, 0.717) is 12.4 Å². The van der Waals surface area contributed by atoms with Gasteiger partial charge in [-0.25, -0.2) is 18.4 Å². The standard InChI is InChI=1S/C14H25N3O3S/c1-11-13(6-5-7-15-8-9-20-3)12(2)17-14(16-11)10-21(4,18)19/h15H,5-10H2,1-4H3. The van der Waals surface area contributed by atoms with Crippen LogP contribution in [-0.4, -0.2) is 51.4 Å². The lowest BCUT2D eigenvalue weighted by Crippen LogP contribution is -2.21. The lowest BCUT2D eigenvalue weighted by molar-refractivity contribution is 0.199. The Bertz CT molecular complexity index is 536. The third-order valence-corrected chi connectivity index (χ3v) is 3.90. The van der Waals surface area contributed by atoms with Gasteiger partial charge in [0.2, 0.25) is 0 Å². The molecule has 0 aliphatic carbocycles. The van der Waals surface area contributed by atoms with Gasteiger partial charge in [0.15, 0.2) is 9.84 Å². The number of sulfone groups is 1. The van der Waals surface area contributed by atoms with Crippen LogP contribution < -0.4 is 5.32 Å². The second-order valence-electron chi connectivity index (χ2n) is 5.21. The molecule has 0 saturated heterocycles. The first-order chi connectivity index (χ1) is 9.83. The summed E-state index contributed by atoms with van der Waals surface area (Å²) in [6, 6.07) is 0. The average Bonchev–Trinajstić information content (AvgIpc) is 2.34. The van der Waals surface area contributed by atoms with Gasteiger partial charge in [0.1, 0.15) is 11.6 Å². The van der Waals surface area contributed by atoms with Gasteiger partial charge in [-0.2, -0.15) is 0 Å². The van der Waals surface area contributed by atoms with E-state index in [1.165, 1.54) is 6.26 Å². The SMILES string of the molecule is COCCNCCCc1c(C)nc(CS(C)(=O)=O)nc1C. The lowest BCUT2D eigenvalue weighted by Gasteiger charge is -2.11. The van der Waals surface area contributed by atoms with Crippen molar-refractivity contribution in [1.29, 1.82) is 0 Å². The number of nitrogens with zero attached hydrogens (tertiary/aromatic N) is 2. The highest BCUT2D eigenvalue weighted by molar-refractivity contribution is 7.89. The Kier molecular flexibility index (Phi) is 7.21. The van der Waals surface area contributed by atoms with Crippen molar-refractivity contribution >= 4 is 9.84 Å². The highest BCUT2D eigenvalue weighted by Gasteiger charge is 2.12. The third kappa shape index (κ3) is 6.97. The first kappa shape index (κ1) is 18.0. The first-order valence-electron chi connectivity index (χ1n) is 7.04. The van der Waals surface area contributed by atoms with Crippen LogP contribution in [0.2, 0.25) is 0 Å². The summed E-state index contributed by atoms with van der Waals surface area (Å²) in [6.07, 6.45) is 3.07. The van der Waals surface area contributed by atoms with Crippen molar-refractivity contribution in [1.82, 2.24) is 15.3 Å². The molecule has 0 bridgehead atoms. The first-order valence-corrected chi connectivity index (χ1v) is 9.10. The molecular formula is C14H25N3O3S. The second-order valence-corrected chi connectivity index (χ2v) is 7.35. The molecule has 6 nitrogen and oxygen atoms in total. The van der Waals surface area contributed by atoms with Crippen molar-refractivity contribution in [3.63, 3.8) is 0 Å². The molecule has 0 fully saturated rings. The molecule has 1 rings (SSSR count). The Balaban J connectivity index is 2.59. The number of aryl methyl sites for hydroxylation is 2. The van der Waals surface area contributed by atoms with Crippen LogP contribution in [0, 0.1) is 13.8 Å². The minimum absolute atomic E-state index is 0.104. The fourth-order valence-corrected chi connectivity index (χ4v) is 2.76. The fraction of sp³-hybridized carbons (Fsp3) is 0.714. The van der Waals surface area contributed by atoms with E-state index in [1.807, 2.05) is 13.8 Å². The molecule has 0 aliphatic heterocycles. The molecule has 21 heavy (non-hydrogen) atoms. The van der Waals surface area contributed by atoms with Crippen molar-refractivity contribution in [3.8, 4) is 0 Å². The van der Waals surface area contributed by atoms with Gasteiger partial charge in [-0.3, -0.25) is 0 Å². The van der Waals surface area contributed by atoms with E-state index in [0.717, 1.165) is 42.9 Å². The molecule has 120 valence electrons. The number of ether oxygens (including phenoxy) is 1. The number of methoxy groups -OCH3 is 1. The molecule has 1 aromatic rings. The van der Waals surface area contributed by atoms with Crippen LogP contribution in [0.3, 0.4) is 0 Å². The Hall–Kier alpha value is -1.05. The van der Waals surface area contributed by atoms with E-state index in [9.17, 15) is 8.42 Å². The second kappa shape index (κ2) is 8.41. The zero-order valence-corrected chi connectivity index (χ0v) is 14.1. The summed E-state index contributed by atoms with van der Waals surface area (Å²) in [5.41, 5.74) is 2.86. The van der Waals surface area contributed by atoms with Crippen LogP contribution in [0.15, 0.2) is 0 Å². The molecule has 0 aliphatic rings. The minimum Gasteiger partial charge on any atom is -0.383 e. The average molecular weight is 315 g/mol. The van der Waals surface area contributed by atoms with Crippen LogP contribution in [-0.2, 0) is 26.7 Å². The summed E-state index contributed by atoms with van der Waals surface area (Å²) in [5.74, 6) is 0.280. The normalized spacial score (nSPS) is 11.8. The summed E-state index contributed by atoms with van der Waals surface area (Å²) < 4.78 is 27.6. The van der Waals surface area contributed by atoms with E-state index < -0.39 is 9.84 Å². The van der Waals surface area contributed by atoms with Crippen molar-refractivity contribution in [2.24, 2.45) is 0 Å². The topological polar surface area (TPSA) is 81.2 Å². The van der Waals surface area contributed by atoms with Gasteiger partial charge in [0, 0.05) is 31.3 Å². The van der Waals surface area contributed by atoms with Crippen molar-refractivity contribution in [3.05, 3.63) is 22.8 Å². The lowest BCUT2D eigenvalue weighted by atomic mass is 10.1. The molecule has 0 aromatic carbocycles. The highest BCUT2D eigenvalue weighted by atomic mass is 32.2. The molecule has 7 heteroatoms. The van der Waals surface area contributed by atoms with E-state index >= 15 is 0 Å². The number of rotatable bonds is 9. The van der Waals surface area contributed by atoms with Gasteiger partial charge < -0.3 is 10.1 Å². The monoisotopic (exact) mass is 315 g/mol. The summed E-state index contributed by atoms with van der Waals surface area (Å²) in [5, 5.41) is 3.29. The highest BCUT2D eigenvalue weighted by Crippen LogP contribution is 2.13. The number of hydrogen-bond acceptors (Lipinski definition) is 6. The van der Waals surface area contributed by atoms with Crippen LogP contribution in [0.1, 0.15) is 29.2 Å². The van der Waals surface area contributed by atoms with Gasteiger partial charge in [-0.05, 0) is 38.8 Å². The Labute approximate surface area is 127 Å². The van der Waals surface area contributed by atoms with Gasteiger partial charge >= 0.3 is 0 Å². The van der Waals surface area contributed by atoms with Crippen molar-refractivity contribution in [2.75, 3.05) is 33.1 Å². The smallest absolute Gasteiger partial charge is 0.154 e. The third-order valence-electron chi connectivity index (χ3n) is 3.12. The Morgan fingerprint density at radius 2 is 1.76 bits per heavy atom. The summed E-state index contributed by atoms with van der Waals surface area (Å²) in [6.45, 7) is 6.29. The maximum absolute atomic E-state index is 11.3. The predicted octanol–water partition coefficient (Wildman–Crippen LogP) is 0.807. The minimum atomic E-state index is -3.10. The molecule has 1 aromatic heterocycles. The number of hydrogen-bond donors (Lipinski definition) is 1.